The summed E-state index contributed by atoms with van der Waals surface area (Å²) in [7, 11) is 1.30. The van der Waals surface area contributed by atoms with E-state index in [1.54, 1.807) is 25.1 Å². The molecule has 5 rings (SSSR count). The fourth-order valence-electron chi connectivity index (χ4n) is 4.15. The molecule has 4 aromatic carbocycles. The number of methoxy groups -OCH3 is 1. The number of fused-ring (bicyclic) bond motifs is 1. The third kappa shape index (κ3) is 7.00. The van der Waals surface area contributed by atoms with Crippen molar-refractivity contribution in [1.29, 1.82) is 0 Å². The number of rotatable bonds is 9. The zero-order valence-electron chi connectivity index (χ0n) is 23.2. The van der Waals surface area contributed by atoms with Gasteiger partial charge in [-0.05, 0) is 48.4 Å². The third-order valence-corrected chi connectivity index (χ3v) is 6.33. The molecule has 1 N–H and O–H groups in total. The van der Waals surface area contributed by atoms with Crippen molar-refractivity contribution in [2.75, 3.05) is 7.11 Å². The number of carbonyl (C=O) groups excluding carboxylic acids is 2. The molecule has 0 aliphatic heterocycles. The van der Waals surface area contributed by atoms with Crippen molar-refractivity contribution < 1.29 is 28.2 Å². The van der Waals surface area contributed by atoms with Crippen molar-refractivity contribution in [3.63, 3.8) is 0 Å². The van der Waals surface area contributed by atoms with Crippen molar-refractivity contribution in [3.8, 4) is 5.75 Å². The van der Waals surface area contributed by atoms with Gasteiger partial charge in [-0.25, -0.2) is 19.6 Å². The highest BCUT2D eigenvalue weighted by atomic mass is 16.5. The Morgan fingerprint density at radius 1 is 0.881 bits per heavy atom. The van der Waals surface area contributed by atoms with Gasteiger partial charge in [-0.2, -0.15) is 0 Å². The smallest absolute Gasteiger partial charge is 0.408 e. The van der Waals surface area contributed by atoms with Crippen LogP contribution in [0.1, 0.15) is 40.3 Å². The number of nitrogens with zero attached hydrogens (tertiary/aromatic N) is 2. The predicted octanol–water partition coefficient (Wildman–Crippen LogP) is 6.41. The number of esters is 1. The molecule has 1 atom stereocenters. The molecule has 42 heavy (non-hydrogen) atoms. The normalized spacial score (nSPS) is 12.0. The van der Waals surface area contributed by atoms with E-state index in [0.29, 0.717) is 28.9 Å². The second-order valence-electron chi connectivity index (χ2n) is 9.36. The Bertz CT molecular complexity index is 1750. The van der Waals surface area contributed by atoms with Gasteiger partial charge in [0, 0.05) is 0 Å². The van der Waals surface area contributed by atoms with Gasteiger partial charge in [0.25, 0.3) is 0 Å². The standard InChI is InChI=1S/C33H29N3O6/c1-22(34-33(38)41-21-24-13-7-4-8-14-24)30-35-28-16-10-9-15-26(28)31(42-30)36-29-18-17-25(19-27(29)32(37)39-2)40-20-23-11-5-3-6-12-23/h3-19,22H,20-21H2,1-2H3,(H,34,38). The molecule has 9 heteroatoms. The summed E-state index contributed by atoms with van der Waals surface area (Å²) >= 11 is 0. The molecule has 9 nitrogen and oxygen atoms in total. The Hall–Kier alpha value is -5.44. The SMILES string of the molecule is COC(=O)c1cc(OCc2ccccc2)ccc1N=c1oc(C(C)NC(=O)OCc2ccccc2)nc2ccccc12. The molecule has 0 aliphatic carbocycles. The Morgan fingerprint density at radius 2 is 1.55 bits per heavy atom. The van der Waals surface area contributed by atoms with E-state index in [2.05, 4.69) is 15.3 Å². The van der Waals surface area contributed by atoms with Gasteiger partial charge in [-0.15, -0.1) is 0 Å². The molecule has 0 bridgehead atoms. The molecule has 0 saturated heterocycles. The first-order valence-corrected chi connectivity index (χ1v) is 13.3. The molecule has 1 heterocycles. The monoisotopic (exact) mass is 563 g/mol. The minimum atomic E-state index is -0.638. The summed E-state index contributed by atoms with van der Waals surface area (Å²) in [5, 5.41) is 3.37. The van der Waals surface area contributed by atoms with E-state index >= 15 is 0 Å². The van der Waals surface area contributed by atoms with Crippen LogP contribution in [0.4, 0.5) is 10.5 Å². The number of hydrogen-bond donors (Lipinski definition) is 1. The second-order valence-corrected chi connectivity index (χ2v) is 9.36. The van der Waals surface area contributed by atoms with Gasteiger partial charge in [-0.1, -0.05) is 72.8 Å². The average Bonchev–Trinajstić information content (AvgIpc) is 3.03. The minimum Gasteiger partial charge on any atom is -0.489 e. The van der Waals surface area contributed by atoms with Gasteiger partial charge < -0.3 is 23.9 Å². The molecule has 5 aromatic rings. The third-order valence-electron chi connectivity index (χ3n) is 6.33. The highest BCUT2D eigenvalue weighted by Crippen LogP contribution is 2.26. The van der Waals surface area contributed by atoms with E-state index in [1.807, 2.05) is 84.9 Å². The molecule has 0 spiro atoms. The largest absolute Gasteiger partial charge is 0.489 e. The number of carbonyl (C=O) groups is 2. The van der Waals surface area contributed by atoms with Gasteiger partial charge in [-0.3, -0.25) is 0 Å². The Morgan fingerprint density at radius 3 is 2.26 bits per heavy atom. The summed E-state index contributed by atoms with van der Waals surface area (Å²) in [6.07, 6.45) is -0.617. The number of aromatic nitrogens is 1. The van der Waals surface area contributed by atoms with Gasteiger partial charge in [0.05, 0.1) is 29.3 Å². The maximum Gasteiger partial charge on any atom is 0.408 e. The molecule has 1 amide bonds. The summed E-state index contributed by atoms with van der Waals surface area (Å²) in [6, 6.07) is 30.7. The second kappa shape index (κ2) is 13.3. The molecule has 1 unspecified atom stereocenters. The lowest BCUT2D eigenvalue weighted by Gasteiger charge is -2.13. The lowest BCUT2D eigenvalue weighted by atomic mass is 10.1. The van der Waals surface area contributed by atoms with E-state index in [9.17, 15) is 9.59 Å². The summed E-state index contributed by atoms with van der Waals surface area (Å²) < 4.78 is 22.4. The molecule has 1 aromatic heterocycles. The molecule has 0 saturated carbocycles. The number of para-hydroxylation sites is 1. The molecule has 0 aliphatic rings. The van der Waals surface area contributed by atoms with Crippen molar-refractivity contribution in [2.24, 2.45) is 4.99 Å². The number of nitrogens with one attached hydrogen (secondary N) is 1. The van der Waals surface area contributed by atoms with Crippen LogP contribution in [0.15, 0.2) is 113 Å². The summed E-state index contributed by atoms with van der Waals surface area (Å²) in [6.45, 7) is 2.20. The van der Waals surface area contributed by atoms with E-state index in [1.165, 1.54) is 7.11 Å². The molecule has 212 valence electrons. The van der Waals surface area contributed by atoms with Crippen LogP contribution in [0, 0.1) is 0 Å². The van der Waals surface area contributed by atoms with Crippen molar-refractivity contribution in [1.82, 2.24) is 10.3 Å². The summed E-state index contributed by atoms with van der Waals surface area (Å²) in [4.78, 5) is 34.5. The number of benzene rings is 4. The lowest BCUT2D eigenvalue weighted by Crippen LogP contribution is -2.28. The minimum absolute atomic E-state index is 0.129. The van der Waals surface area contributed by atoms with Crippen LogP contribution < -0.4 is 15.6 Å². The van der Waals surface area contributed by atoms with Crippen molar-refractivity contribution in [3.05, 3.63) is 131 Å². The van der Waals surface area contributed by atoms with Crippen LogP contribution in [0.25, 0.3) is 10.9 Å². The first-order chi connectivity index (χ1) is 20.5. The first kappa shape index (κ1) is 28.1. The Balaban J connectivity index is 1.43. The van der Waals surface area contributed by atoms with Gasteiger partial charge in [0.1, 0.15) is 25.0 Å². The van der Waals surface area contributed by atoms with Crippen LogP contribution in [-0.2, 0) is 22.7 Å². The average molecular weight is 564 g/mol. The van der Waals surface area contributed by atoms with Crippen LogP contribution in [-0.4, -0.2) is 24.2 Å². The maximum absolute atomic E-state index is 12.7. The molecule has 0 radical (unpaired) electrons. The highest BCUT2D eigenvalue weighted by Gasteiger charge is 2.18. The number of ether oxygens (including phenoxy) is 3. The summed E-state index contributed by atoms with van der Waals surface area (Å²) in [5.74, 6) is 0.127. The molecular weight excluding hydrogens is 534 g/mol. The number of amides is 1. The fraction of sp³-hybridized carbons (Fsp3) is 0.152. The zero-order chi connectivity index (χ0) is 29.3. The van der Waals surface area contributed by atoms with Gasteiger partial charge in [0.15, 0.2) is 0 Å². The van der Waals surface area contributed by atoms with Gasteiger partial charge >= 0.3 is 12.1 Å². The predicted molar refractivity (Wildman–Crippen MR) is 156 cm³/mol. The van der Waals surface area contributed by atoms with E-state index in [-0.39, 0.29) is 23.6 Å². The molecular formula is C33H29N3O6. The summed E-state index contributed by atoms with van der Waals surface area (Å²) in [5.41, 5.74) is 3.20. The van der Waals surface area contributed by atoms with Crippen LogP contribution in [0.2, 0.25) is 0 Å². The number of hydrogen-bond acceptors (Lipinski definition) is 8. The highest BCUT2D eigenvalue weighted by molar-refractivity contribution is 5.95. The first-order valence-electron chi connectivity index (χ1n) is 13.3. The van der Waals surface area contributed by atoms with Crippen molar-refractivity contribution >= 4 is 28.7 Å². The Kier molecular flexibility index (Phi) is 8.88. The van der Waals surface area contributed by atoms with Gasteiger partial charge in [0.2, 0.25) is 11.4 Å². The molecule has 0 fully saturated rings. The van der Waals surface area contributed by atoms with E-state index in [4.69, 9.17) is 18.6 Å². The Labute approximate surface area is 242 Å². The van der Waals surface area contributed by atoms with Crippen molar-refractivity contribution in [2.45, 2.75) is 26.2 Å². The van der Waals surface area contributed by atoms with Crippen LogP contribution in [0.3, 0.4) is 0 Å². The topological polar surface area (TPSA) is 112 Å². The quantitative estimate of drug-likeness (QED) is 0.206. The fourth-order valence-corrected chi connectivity index (χ4v) is 4.15. The lowest BCUT2D eigenvalue weighted by molar-refractivity contribution is 0.0601. The van der Waals surface area contributed by atoms with Crippen LogP contribution in [0.5, 0.6) is 5.75 Å². The number of alkyl carbamates (subject to hydrolysis) is 1. The van der Waals surface area contributed by atoms with E-state index < -0.39 is 18.1 Å². The van der Waals surface area contributed by atoms with E-state index in [0.717, 1.165) is 11.1 Å². The van der Waals surface area contributed by atoms with Crippen LogP contribution >= 0.6 is 0 Å². The maximum atomic E-state index is 12.7. The zero-order valence-corrected chi connectivity index (χ0v) is 23.2.